The lowest BCUT2D eigenvalue weighted by Gasteiger charge is -2.08. The van der Waals surface area contributed by atoms with Crippen molar-refractivity contribution in [1.29, 1.82) is 0 Å². The molecule has 20 heavy (non-hydrogen) atoms. The van der Waals surface area contributed by atoms with E-state index in [9.17, 15) is 4.79 Å². The van der Waals surface area contributed by atoms with E-state index in [1.807, 2.05) is 12.1 Å². The summed E-state index contributed by atoms with van der Waals surface area (Å²) < 4.78 is 5.01. The predicted octanol–water partition coefficient (Wildman–Crippen LogP) is 3.65. The number of pyridine rings is 1. The summed E-state index contributed by atoms with van der Waals surface area (Å²) in [7, 11) is 0. The van der Waals surface area contributed by atoms with Crippen LogP contribution in [0.5, 0.6) is 0 Å². The van der Waals surface area contributed by atoms with Gasteiger partial charge in [-0.25, -0.2) is 9.78 Å². The molecule has 104 valence electrons. The molecule has 0 amide bonds. The molecule has 2 rings (SSSR count). The highest BCUT2D eigenvalue weighted by Crippen LogP contribution is 2.30. The molecule has 0 fully saturated rings. The molecule has 6 heteroatoms. The van der Waals surface area contributed by atoms with Crippen molar-refractivity contribution in [3.8, 4) is 0 Å². The third-order valence-electron chi connectivity index (χ3n) is 2.40. The lowest BCUT2D eigenvalue weighted by Crippen LogP contribution is -2.08. The molecule has 0 unspecified atom stereocenters. The Kier molecular flexibility index (Phi) is 4.87. The lowest BCUT2D eigenvalue weighted by atomic mass is 10.3. The second-order valence-corrected chi connectivity index (χ2v) is 5.40. The number of hydrogen-bond acceptors (Lipinski definition) is 5. The van der Waals surface area contributed by atoms with Crippen LogP contribution in [0.4, 0.5) is 5.69 Å². The summed E-state index contributed by atoms with van der Waals surface area (Å²) in [6.07, 6.45) is 1.51. The molecule has 2 aromatic rings. The van der Waals surface area contributed by atoms with Crippen molar-refractivity contribution in [1.82, 2.24) is 4.98 Å². The number of ether oxygens (including phenoxy) is 1. The van der Waals surface area contributed by atoms with E-state index < -0.39 is 5.97 Å². The minimum Gasteiger partial charge on any atom is -0.462 e. The molecule has 0 saturated heterocycles. The molecule has 0 aliphatic rings. The standard InChI is InChI=1S/C14H13ClN2O2S/c1-2-19-14(18)12-7-10(16)8-17-13(12)20-11-5-3-9(15)4-6-11/h3-8H,2,16H2,1H3. The van der Waals surface area contributed by atoms with Crippen molar-refractivity contribution in [3.05, 3.63) is 47.1 Å². The third-order valence-corrected chi connectivity index (χ3v) is 3.67. The summed E-state index contributed by atoms with van der Waals surface area (Å²) in [5, 5.41) is 1.21. The van der Waals surface area contributed by atoms with Gasteiger partial charge in [-0.15, -0.1) is 0 Å². The van der Waals surface area contributed by atoms with Gasteiger partial charge in [0.2, 0.25) is 0 Å². The number of nitrogen functional groups attached to an aromatic ring is 1. The van der Waals surface area contributed by atoms with Crippen LogP contribution in [0.25, 0.3) is 0 Å². The van der Waals surface area contributed by atoms with E-state index in [2.05, 4.69) is 4.98 Å². The van der Waals surface area contributed by atoms with Gasteiger partial charge in [0.15, 0.2) is 0 Å². The zero-order chi connectivity index (χ0) is 14.5. The number of anilines is 1. The summed E-state index contributed by atoms with van der Waals surface area (Å²) >= 11 is 7.20. The third kappa shape index (κ3) is 3.65. The van der Waals surface area contributed by atoms with Crippen molar-refractivity contribution in [2.45, 2.75) is 16.8 Å². The molecule has 2 N–H and O–H groups in total. The molecular weight excluding hydrogens is 296 g/mol. The number of halogens is 1. The van der Waals surface area contributed by atoms with Gasteiger partial charge in [-0.2, -0.15) is 0 Å². The first kappa shape index (κ1) is 14.7. The van der Waals surface area contributed by atoms with E-state index >= 15 is 0 Å². The van der Waals surface area contributed by atoms with E-state index in [1.54, 1.807) is 25.1 Å². The van der Waals surface area contributed by atoms with Gasteiger partial charge >= 0.3 is 5.97 Å². The Morgan fingerprint density at radius 2 is 2.10 bits per heavy atom. The second kappa shape index (κ2) is 6.63. The fourth-order valence-corrected chi connectivity index (χ4v) is 2.50. The Hall–Kier alpha value is -1.72. The van der Waals surface area contributed by atoms with Crippen molar-refractivity contribution in [3.63, 3.8) is 0 Å². The van der Waals surface area contributed by atoms with Crippen molar-refractivity contribution < 1.29 is 9.53 Å². The van der Waals surface area contributed by atoms with E-state index in [-0.39, 0.29) is 0 Å². The quantitative estimate of drug-likeness (QED) is 0.873. The Morgan fingerprint density at radius 1 is 1.40 bits per heavy atom. The van der Waals surface area contributed by atoms with E-state index in [4.69, 9.17) is 22.1 Å². The maximum atomic E-state index is 11.9. The highest BCUT2D eigenvalue weighted by Gasteiger charge is 2.15. The molecule has 0 atom stereocenters. The zero-order valence-corrected chi connectivity index (χ0v) is 12.4. The van der Waals surface area contributed by atoms with Crippen LogP contribution in [0.15, 0.2) is 46.5 Å². The van der Waals surface area contributed by atoms with Gasteiger partial charge < -0.3 is 10.5 Å². The fourth-order valence-electron chi connectivity index (χ4n) is 1.52. The number of carbonyl (C=O) groups is 1. The SMILES string of the molecule is CCOC(=O)c1cc(N)cnc1Sc1ccc(Cl)cc1. The number of aromatic nitrogens is 1. The number of rotatable bonds is 4. The first-order valence-corrected chi connectivity index (χ1v) is 7.15. The van der Waals surface area contributed by atoms with Crippen LogP contribution in [0.2, 0.25) is 5.02 Å². The van der Waals surface area contributed by atoms with Crippen LogP contribution in [-0.2, 0) is 4.74 Å². The summed E-state index contributed by atoms with van der Waals surface area (Å²) in [5.74, 6) is -0.427. The smallest absolute Gasteiger partial charge is 0.340 e. The van der Waals surface area contributed by atoms with Crippen LogP contribution < -0.4 is 5.73 Å². The van der Waals surface area contributed by atoms with E-state index in [0.29, 0.717) is 27.9 Å². The van der Waals surface area contributed by atoms with Gasteiger partial charge in [0.25, 0.3) is 0 Å². The molecule has 1 heterocycles. The van der Waals surface area contributed by atoms with Crippen LogP contribution >= 0.6 is 23.4 Å². The van der Waals surface area contributed by atoms with Crippen LogP contribution in [0.1, 0.15) is 17.3 Å². The largest absolute Gasteiger partial charge is 0.462 e. The molecule has 1 aromatic heterocycles. The topological polar surface area (TPSA) is 65.2 Å². The average molecular weight is 309 g/mol. The summed E-state index contributed by atoms with van der Waals surface area (Å²) in [6, 6.07) is 8.86. The first-order valence-electron chi connectivity index (χ1n) is 5.96. The van der Waals surface area contributed by atoms with Gasteiger partial charge in [-0.3, -0.25) is 0 Å². The van der Waals surface area contributed by atoms with Gasteiger partial charge in [0.05, 0.1) is 24.1 Å². The number of carbonyl (C=O) groups excluding carboxylic acids is 1. The average Bonchev–Trinajstić information content (AvgIpc) is 2.43. The maximum Gasteiger partial charge on any atom is 0.340 e. The monoisotopic (exact) mass is 308 g/mol. The van der Waals surface area contributed by atoms with Crippen LogP contribution in [0, 0.1) is 0 Å². The molecule has 0 saturated carbocycles. The summed E-state index contributed by atoms with van der Waals surface area (Å²) in [6.45, 7) is 2.06. The molecule has 0 aliphatic heterocycles. The van der Waals surface area contributed by atoms with Crippen molar-refractivity contribution in [2.24, 2.45) is 0 Å². The highest BCUT2D eigenvalue weighted by atomic mass is 35.5. The fraction of sp³-hybridized carbons (Fsp3) is 0.143. The molecule has 0 bridgehead atoms. The minimum atomic E-state index is -0.427. The van der Waals surface area contributed by atoms with Crippen molar-refractivity contribution >= 4 is 35.0 Å². The van der Waals surface area contributed by atoms with Crippen LogP contribution in [-0.4, -0.2) is 17.6 Å². The van der Waals surface area contributed by atoms with Gasteiger partial charge in [-0.05, 0) is 37.3 Å². The summed E-state index contributed by atoms with van der Waals surface area (Å²) in [5.41, 5.74) is 6.47. The number of hydrogen-bond donors (Lipinski definition) is 1. The Labute approximate surface area is 126 Å². The number of esters is 1. The van der Waals surface area contributed by atoms with Crippen LogP contribution in [0.3, 0.4) is 0 Å². The highest BCUT2D eigenvalue weighted by molar-refractivity contribution is 7.99. The van der Waals surface area contributed by atoms with Gasteiger partial charge in [0, 0.05) is 9.92 Å². The Balaban J connectivity index is 2.31. The Bertz CT molecular complexity index is 617. The normalized spacial score (nSPS) is 10.3. The maximum absolute atomic E-state index is 11.9. The van der Waals surface area contributed by atoms with E-state index in [0.717, 1.165) is 4.90 Å². The first-order chi connectivity index (χ1) is 9.60. The minimum absolute atomic E-state index is 0.304. The number of benzene rings is 1. The molecule has 4 nitrogen and oxygen atoms in total. The summed E-state index contributed by atoms with van der Waals surface area (Å²) in [4.78, 5) is 17.0. The molecule has 0 aliphatic carbocycles. The Morgan fingerprint density at radius 3 is 2.75 bits per heavy atom. The molecular formula is C14H13ClN2O2S. The molecule has 0 radical (unpaired) electrons. The van der Waals surface area contributed by atoms with E-state index in [1.165, 1.54) is 18.0 Å². The number of nitrogens with two attached hydrogens (primary N) is 1. The zero-order valence-electron chi connectivity index (χ0n) is 10.8. The van der Waals surface area contributed by atoms with Crippen molar-refractivity contribution in [2.75, 3.05) is 12.3 Å². The lowest BCUT2D eigenvalue weighted by molar-refractivity contribution is 0.0521. The van der Waals surface area contributed by atoms with Gasteiger partial charge in [-0.1, -0.05) is 23.4 Å². The molecule has 0 spiro atoms. The second-order valence-electron chi connectivity index (χ2n) is 3.90. The molecule has 1 aromatic carbocycles. The predicted molar refractivity (Wildman–Crippen MR) is 80.2 cm³/mol. The number of nitrogens with zero attached hydrogens (tertiary/aromatic N) is 1. The van der Waals surface area contributed by atoms with Gasteiger partial charge in [0.1, 0.15) is 5.03 Å².